The Labute approximate surface area is 163 Å². The van der Waals surface area contributed by atoms with E-state index in [4.69, 9.17) is 9.88 Å². The standard InChI is InChI=1S/C17H25N5O5S/c1-10(2)13-19-5-4-12(21-13)15(24)22-16-6-17(7-16,27-9-16)8-20-14(23)11(3)28(18,25)26/h4-5,10-11H,6-9H2,1-3H3,(H,20,23)(H,22,24)(H2,18,25,26). The van der Waals surface area contributed by atoms with Crippen molar-refractivity contribution in [3.63, 3.8) is 0 Å². The Balaban J connectivity index is 1.56. The molecule has 0 radical (unpaired) electrons. The van der Waals surface area contributed by atoms with Crippen molar-refractivity contribution >= 4 is 21.8 Å². The first-order valence-corrected chi connectivity index (χ1v) is 10.7. The SMILES string of the molecule is CC(C)c1nccc(C(=O)NC23COC(CNC(=O)C(C)S(N)(=O)=O)(C2)C3)n1. The van der Waals surface area contributed by atoms with E-state index in [-0.39, 0.29) is 18.4 Å². The van der Waals surface area contributed by atoms with E-state index in [0.29, 0.717) is 31.0 Å². The summed E-state index contributed by atoms with van der Waals surface area (Å²) in [6.07, 6.45) is 2.61. The van der Waals surface area contributed by atoms with Crippen molar-refractivity contribution in [1.29, 1.82) is 0 Å². The largest absolute Gasteiger partial charge is 0.371 e. The first kappa shape index (κ1) is 20.6. The predicted molar refractivity (Wildman–Crippen MR) is 99.8 cm³/mol. The summed E-state index contributed by atoms with van der Waals surface area (Å²) < 4.78 is 28.3. The number of nitrogens with zero attached hydrogens (tertiary/aromatic N) is 2. The highest BCUT2D eigenvalue weighted by Gasteiger charge is 2.63. The third-order valence-corrected chi connectivity index (χ3v) is 6.42. The molecule has 11 heteroatoms. The maximum atomic E-state index is 12.6. The zero-order valence-electron chi connectivity index (χ0n) is 16.1. The highest BCUT2D eigenvalue weighted by Crippen LogP contribution is 2.51. The molecule has 1 aromatic heterocycles. The Morgan fingerprint density at radius 1 is 1.32 bits per heavy atom. The highest BCUT2D eigenvalue weighted by atomic mass is 32.2. The molecule has 4 rings (SSSR count). The second-order valence-corrected chi connectivity index (χ2v) is 9.85. The van der Waals surface area contributed by atoms with E-state index in [9.17, 15) is 18.0 Å². The normalized spacial score (nSPS) is 27.2. The lowest BCUT2D eigenvalue weighted by Gasteiger charge is -2.44. The van der Waals surface area contributed by atoms with E-state index >= 15 is 0 Å². The Hall–Kier alpha value is -2.11. The quantitative estimate of drug-likeness (QED) is 0.543. The molecule has 2 aliphatic heterocycles. The molecule has 1 aromatic rings. The van der Waals surface area contributed by atoms with E-state index in [1.807, 2.05) is 13.8 Å². The molecule has 1 unspecified atom stereocenters. The van der Waals surface area contributed by atoms with Crippen LogP contribution in [0.4, 0.5) is 0 Å². The summed E-state index contributed by atoms with van der Waals surface area (Å²) in [6.45, 7) is 5.61. The number of hydrogen-bond donors (Lipinski definition) is 3. The minimum absolute atomic E-state index is 0.111. The first-order chi connectivity index (χ1) is 13.0. The molecule has 2 saturated heterocycles. The van der Waals surface area contributed by atoms with Gasteiger partial charge in [-0.3, -0.25) is 9.59 Å². The molecule has 28 heavy (non-hydrogen) atoms. The van der Waals surface area contributed by atoms with Crippen molar-refractivity contribution < 1.29 is 22.7 Å². The molecule has 154 valence electrons. The summed E-state index contributed by atoms with van der Waals surface area (Å²) in [7, 11) is -3.95. The van der Waals surface area contributed by atoms with Crippen LogP contribution in [0.1, 0.15) is 55.8 Å². The number of nitrogens with one attached hydrogen (secondary N) is 2. The summed E-state index contributed by atoms with van der Waals surface area (Å²) in [5, 5.41) is 9.21. The van der Waals surface area contributed by atoms with E-state index < -0.39 is 32.3 Å². The molecule has 3 heterocycles. The van der Waals surface area contributed by atoms with Crippen molar-refractivity contribution in [3.05, 3.63) is 23.8 Å². The molecule has 4 N–H and O–H groups in total. The number of carbonyl (C=O) groups excluding carboxylic acids is 2. The average molecular weight is 411 g/mol. The molecule has 3 fully saturated rings. The van der Waals surface area contributed by atoms with E-state index in [1.54, 1.807) is 12.3 Å². The molecule has 2 bridgehead atoms. The first-order valence-electron chi connectivity index (χ1n) is 9.04. The van der Waals surface area contributed by atoms with E-state index in [1.165, 1.54) is 6.92 Å². The monoisotopic (exact) mass is 411 g/mol. The summed E-state index contributed by atoms with van der Waals surface area (Å²) in [5.41, 5.74) is -0.806. The van der Waals surface area contributed by atoms with Crippen LogP contribution in [0.25, 0.3) is 0 Å². The lowest BCUT2D eigenvalue weighted by atomic mass is 9.68. The number of nitrogens with two attached hydrogens (primary N) is 1. The van der Waals surface area contributed by atoms with Crippen LogP contribution < -0.4 is 15.8 Å². The molecular formula is C17H25N5O5S. The lowest BCUT2D eigenvalue weighted by Crippen LogP contribution is -2.63. The number of fused-ring (bicyclic) bond motifs is 1. The minimum Gasteiger partial charge on any atom is -0.371 e. The summed E-state index contributed by atoms with van der Waals surface area (Å²) in [4.78, 5) is 32.9. The van der Waals surface area contributed by atoms with Gasteiger partial charge in [0.15, 0.2) is 5.25 Å². The van der Waals surface area contributed by atoms with Crippen molar-refractivity contribution in [1.82, 2.24) is 20.6 Å². The molecule has 1 aliphatic carbocycles. The molecular weight excluding hydrogens is 386 g/mol. The number of hydrogen-bond acceptors (Lipinski definition) is 7. The van der Waals surface area contributed by atoms with Crippen molar-refractivity contribution in [2.75, 3.05) is 13.2 Å². The molecule has 10 nitrogen and oxygen atoms in total. The second kappa shape index (κ2) is 7.05. The van der Waals surface area contributed by atoms with Gasteiger partial charge in [-0.25, -0.2) is 23.5 Å². The van der Waals surface area contributed by atoms with Gasteiger partial charge >= 0.3 is 0 Å². The number of primary sulfonamides is 1. The zero-order chi connectivity index (χ0) is 20.7. The van der Waals surface area contributed by atoms with Gasteiger partial charge in [-0.2, -0.15) is 0 Å². The molecule has 3 aliphatic rings. The van der Waals surface area contributed by atoms with Gasteiger partial charge in [0.2, 0.25) is 15.9 Å². The fourth-order valence-corrected chi connectivity index (χ4v) is 3.98. The van der Waals surface area contributed by atoms with Crippen LogP contribution >= 0.6 is 0 Å². The third-order valence-electron chi connectivity index (χ3n) is 5.22. The van der Waals surface area contributed by atoms with Crippen molar-refractivity contribution in [3.8, 4) is 0 Å². The fourth-order valence-electron chi connectivity index (χ4n) is 3.60. The molecule has 2 amide bonds. The van der Waals surface area contributed by atoms with Gasteiger partial charge < -0.3 is 15.4 Å². The van der Waals surface area contributed by atoms with Crippen LogP contribution in [0.3, 0.4) is 0 Å². The van der Waals surface area contributed by atoms with Crippen LogP contribution in [0, 0.1) is 0 Å². The smallest absolute Gasteiger partial charge is 0.270 e. The van der Waals surface area contributed by atoms with Crippen LogP contribution in [-0.2, 0) is 19.6 Å². The topological polar surface area (TPSA) is 153 Å². The fraction of sp³-hybridized carbons (Fsp3) is 0.647. The Morgan fingerprint density at radius 2 is 2.00 bits per heavy atom. The zero-order valence-corrected chi connectivity index (χ0v) is 16.9. The number of aromatic nitrogens is 2. The lowest BCUT2D eigenvalue weighted by molar-refractivity contribution is -0.122. The Kier molecular flexibility index (Phi) is 5.19. The number of sulfonamides is 1. The maximum absolute atomic E-state index is 12.6. The van der Waals surface area contributed by atoms with Crippen molar-refractivity contribution in [2.24, 2.45) is 5.14 Å². The number of ether oxygens (including phenoxy) is 1. The van der Waals surface area contributed by atoms with Gasteiger partial charge in [0.1, 0.15) is 11.5 Å². The summed E-state index contributed by atoms with van der Waals surface area (Å²) >= 11 is 0. The molecule has 1 saturated carbocycles. The molecule has 1 atom stereocenters. The maximum Gasteiger partial charge on any atom is 0.270 e. The predicted octanol–water partition coefficient (Wildman–Crippen LogP) is -0.575. The van der Waals surface area contributed by atoms with Gasteiger partial charge in [0.05, 0.1) is 17.7 Å². The van der Waals surface area contributed by atoms with Crippen LogP contribution in [0.15, 0.2) is 12.3 Å². The highest BCUT2D eigenvalue weighted by molar-refractivity contribution is 7.90. The number of amides is 2. The number of rotatable bonds is 7. The minimum atomic E-state index is -3.95. The second-order valence-electron chi connectivity index (χ2n) is 7.96. The van der Waals surface area contributed by atoms with Gasteiger partial charge in [-0.05, 0) is 13.0 Å². The van der Waals surface area contributed by atoms with Gasteiger partial charge in [-0.15, -0.1) is 0 Å². The Bertz CT molecular complexity index is 895. The van der Waals surface area contributed by atoms with E-state index in [2.05, 4.69) is 20.6 Å². The summed E-state index contributed by atoms with van der Waals surface area (Å²) in [6, 6.07) is 1.56. The van der Waals surface area contributed by atoms with Crippen LogP contribution in [-0.4, -0.2) is 59.7 Å². The third kappa shape index (κ3) is 4.01. The van der Waals surface area contributed by atoms with Crippen LogP contribution in [0.2, 0.25) is 0 Å². The Morgan fingerprint density at radius 3 is 2.61 bits per heavy atom. The molecule has 0 spiro atoms. The summed E-state index contributed by atoms with van der Waals surface area (Å²) in [5.74, 6) is -0.255. The van der Waals surface area contributed by atoms with Gasteiger partial charge in [0, 0.05) is 31.5 Å². The number of carbonyl (C=O) groups is 2. The van der Waals surface area contributed by atoms with E-state index in [0.717, 1.165) is 0 Å². The van der Waals surface area contributed by atoms with Gasteiger partial charge in [0.25, 0.3) is 5.91 Å². The van der Waals surface area contributed by atoms with Crippen molar-refractivity contribution in [2.45, 2.75) is 55.9 Å². The van der Waals surface area contributed by atoms with Crippen LogP contribution in [0.5, 0.6) is 0 Å². The molecule has 0 aromatic carbocycles. The van der Waals surface area contributed by atoms with Gasteiger partial charge in [-0.1, -0.05) is 13.8 Å². The average Bonchev–Trinajstić information content (AvgIpc) is 3.13.